The summed E-state index contributed by atoms with van der Waals surface area (Å²) in [7, 11) is 0. The zero-order valence-electron chi connectivity index (χ0n) is 13.4. The Morgan fingerprint density at radius 3 is 2.62 bits per heavy atom. The van der Waals surface area contributed by atoms with Crippen LogP contribution in [0, 0.1) is 12.8 Å². The summed E-state index contributed by atoms with van der Waals surface area (Å²) in [5, 5.41) is 8.08. The third-order valence-electron chi connectivity index (χ3n) is 4.01. The largest absolute Gasteiger partial charge is 0.314 e. The fourth-order valence-corrected chi connectivity index (χ4v) is 3.34. The monoisotopic (exact) mass is 301 g/mol. The highest BCUT2D eigenvalue weighted by atomic mass is 32.1. The number of hydrogen-bond donors (Lipinski definition) is 1. The van der Waals surface area contributed by atoms with Gasteiger partial charge < -0.3 is 5.32 Å². The number of rotatable bonds is 8. The van der Waals surface area contributed by atoms with E-state index in [1.165, 1.54) is 36.0 Å². The van der Waals surface area contributed by atoms with Crippen LogP contribution in [0.25, 0.3) is 0 Å². The highest BCUT2D eigenvalue weighted by molar-refractivity contribution is 7.07. The first-order valence-electron chi connectivity index (χ1n) is 7.94. The topological polar surface area (TPSA) is 12.0 Å². The first kappa shape index (κ1) is 16.3. The summed E-state index contributed by atoms with van der Waals surface area (Å²) in [6, 6.07) is 11.6. The zero-order chi connectivity index (χ0) is 15.1. The number of aryl methyl sites for hydroxylation is 2. The van der Waals surface area contributed by atoms with Gasteiger partial charge in [-0.25, -0.2) is 0 Å². The molecule has 1 aromatic carbocycles. The molecule has 1 unspecified atom stereocenters. The average Bonchev–Trinajstić information content (AvgIpc) is 2.97. The number of nitrogens with one attached hydrogen (secondary N) is 1. The molecule has 2 aromatic rings. The first-order chi connectivity index (χ1) is 10.1. The van der Waals surface area contributed by atoms with Crippen molar-refractivity contribution in [3.8, 4) is 0 Å². The Hall–Kier alpha value is -1.12. The molecule has 2 rings (SSSR count). The van der Waals surface area contributed by atoms with E-state index >= 15 is 0 Å². The maximum Gasteiger partial charge on any atom is 0.00104 e. The molecular formula is C19H27NS. The van der Waals surface area contributed by atoms with Crippen molar-refractivity contribution in [2.75, 3.05) is 6.54 Å². The smallest absolute Gasteiger partial charge is 0.00104 e. The molecule has 1 heterocycles. The highest BCUT2D eigenvalue weighted by Gasteiger charge is 2.12. The molecule has 2 heteroatoms. The van der Waals surface area contributed by atoms with E-state index in [1.807, 2.05) is 0 Å². The summed E-state index contributed by atoms with van der Waals surface area (Å²) in [5.74, 6) is 0.702. The lowest BCUT2D eigenvalue weighted by molar-refractivity contribution is 0.422. The lowest BCUT2D eigenvalue weighted by Crippen LogP contribution is -2.30. The Morgan fingerprint density at radius 2 is 1.95 bits per heavy atom. The Bertz CT molecular complexity index is 516. The summed E-state index contributed by atoms with van der Waals surface area (Å²) in [6.07, 6.45) is 3.63. The molecule has 0 amide bonds. The Morgan fingerprint density at radius 1 is 1.14 bits per heavy atom. The molecule has 1 nitrogen and oxygen atoms in total. The van der Waals surface area contributed by atoms with Crippen LogP contribution in [0.3, 0.4) is 0 Å². The first-order valence-corrected chi connectivity index (χ1v) is 8.88. The van der Waals surface area contributed by atoms with Crippen LogP contribution in [0.1, 0.15) is 37.0 Å². The minimum atomic E-state index is 0.561. The van der Waals surface area contributed by atoms with E-state index in [-0.39, 0.29) is 0 Å². The highest BCUT2D eigenvalue weighted by Crippen LogP contribution is 2.19. The van der Waals surface area contributed by atoms with Gasteiger partial charge in [-0.3, -0.25) is 0 Å². The van der Waals surface area contributed by atoms with Gasteiger partial charge in [-0.1, -0.05) is 38.1 Å². The second-order valence-corrected chi connectivity index (χ2v) is 7.01. The minimum Gasteiger partial charge on any atom is -0.314 e. The predicted molar refractivity (Wildman–Crippen MR) is 94.2 cm³/mol. The van der Waals surface area contributed by atoms with Crippen LogP contribution in [-0.4, -0.2) is 12.6 Å². The Kier molecular flexibility index (Phi) is 6.47. The van der Waals surface area contributed by atoms with Crippen molar-refractivity contribution in [3.05, 3.63) is 57.8 Å². The van der Waals surface area contributed by atoms with Gasteiger partial charge in [0.05, 0.1) is 0 Å². The van der Waals surface area contributed by atoms with Gasteiger partial charge in [0.1, 0.15) is 0 Å². The summed E-state index contributed by atoms with van der Waals surface area (Å²) in [5.41, 5.74) is 4.40. The third-order valence-corrected chi connectivity index (χ3v) is 4.74. The predicted octanol–water partition coefficient (Wildman–Crippen LogP) is 4.85. The van der Waals surface area contributed by atoms with Gasteiger partial charge in [-0.05, 0) is 72.2 Å². The molecule has 1 N–H and O–H groups in total. The maximum absolute atomic E-state index is 3.62. The van der Waals surface area contributed by atoms with Crippen molar-refractivity contribution in [3.63, 3.8) is 0 Å². The molecule has 0 radical (unpaired) electrons. The van der Waals surface area contributed by atoms with Crippen molar-refractivity contribution in [1.29, 1.82) is 0 Å². The van der Waals surface area contributed by atoms with Gasteiger partial charge in [0.2, 0.25) is 0 Å². The molecule has 1 aromatic heterocycles. The van der Waals surface area contributed by atoms with Crippen LogP contribution >= 0.6 is 11.3 Å². The molecule has 0 saturated carbocycles. The lowest BCUT2D eigenvalue weighted by Gasteiger charge is -2.20. The molecule has 0 fully saturated rings. The molecular weight excluding hydrogens is 274 g/mol. The van der Waals surface area contributed by atoms with Crippen molar-refractivity contribution >= 4 is 11.3 Å². The third kappa shape index (κ3) is 5.64. The summed E-state index contributed by atoms with van der Waals surface area (Å²) in [4.78, 5) is 0. The van der Waals surface area contributed by atoms with E-state index in [2.05, 4.69) is 67.2 Å². The van der Waals surface area contributed by atoms with Gasteiger partial charge in [0, 0.05) is 6.04 Å². The molecule has 1 atom stereocenters. The average molecular weight is 301 g/mol. The van der Waals surface area contributed by atoms with Gasteiger partial charge in [0.15, 0.2) is 0 Å². The molecule has 114 valence electrons. The number of hydrogen-bond acceptors (Lipinski definition) is 2. The molecule has 0 saturated heterocycles. The van der Waals surface area contributed by atoms with E-state index in [4.69, 9.17) is 0 Å². The van der Waals surface area contributed by atoms with Crippen molar-refractivity contribution in [2.24, 2.45) is 5.92 Å². The van der Waals surface area contributed by atoms with Gasteiger partial charge in [-0.2, -0.15) is 11.3 Å². The molecule has 0 spiro atoms. The van der Waals surface area contributed by atoms with Crippen LogP contribution in [0.5, 0.6) is 0 Å². The van der Waals surface area contributed by atoms with E-state index in [9.17, 15) is 0 Å². The Labute approximate surface area is 133 Å². The van der Waals surface area contributed by atoms with Gasteiger partial charge >= 0.3 is 0 Å². The maximum atomic E-state index is 3.62. The van der Waals surface area contributed by atoms with Crippen LogP contribution in [0.15, 0.2) is 41.1 Å². The molecule has 0 bridgehead atoms. The van der Waals surface area contributed by atoms with Crippen molar-refractivity contribution in [2.45, 2.75) is 46.1 Å². The van der Waals surface area contributed by atoms with E-state index in [0.717, 1.165) is 6.54 Å². The van der Waals surface area contributed by atoms with E-state index in [1.54, 1.807) is 11.3 Å². The zero-order valence-corrected chi connectivity index (χ0v) is 14.2. The van der Waals surface area contributed by atoms with E-state index in [0.29, 0.717) is 12.0 Å². The summed E-state index contributed by atoms with van der Waals surface area (Å²) >= 11 is 1.80. The van der Waals surface area contributed by atoms with Gasteiger partial charge in [0.25, 0.3) is 0 Å². The fourth-order valence-electron chi connectivity index (χ4n) is 2.63. The van der Waals surface area contributed by atoms with Crippen molar-refractivity contribution < 1.29 is 0 Å². The Balaban J connectivity index is 1.95. The summed E-state index contributed by atoms with van der Waals surface area (Å²) < 4.78 is 0. The fraction of sp³-hybridized carbons (Fsp3) is 0.474. The van der Waals surface area contributed by atoms with Crippen molar-refractivity contribution in [1.82, 2.24) is 5.32 Å². The second-order valence-electron chi connectivity index (χ2n) is 6.23. The van der Waals surface area contributed by atoms with Gasteiger partial charge in [-0.15, -0.1) is 0 Å². The van der Waals surface area contributed by atoms with E-state index < -0.39 is 0 Å². The normalized spacial score (nSPS) is 12.8. The lowest BCUT2D eigenvalue weighted by atomic mass is 9.91. The number of thiophene rings is 1. The SMILES string of the molecule is Cc1ccccc1CC(CCc1ccsc1)CNC(C)C. The number of benzene rings is 1. The van der Waals surface area contributed by atoms with Crippen LogP contribution in [-0.2, 0) is 12.8 Å². The van der Waals surface area contributed by atoms with Crippen LogP contribution < -0.4 is 5.32 Å². The van der Waals surface area contributed by atoms with Crippen LogP contribution in [0.4, 0.5) is 0 Å². The minimum absolute atomic E-state index is 0.561. The molecule has 0 aliphatic rings. The second kappa shape index (κ2) is 8.35. The molecule has 21 heavy (non-hydrogen) atoms. The molecule has 0 aliphatic carbocycles. The molecule has 0 aliphatic heterocycles. The standard InChI is InChI=1S/C19H27NS/c1-15(2)20-13-18(9-8-17-10-11-21-14-17)12-19-7-5-4-6-16(19)3/h4-7,10-11,14-15,18,20H,8-9,12-13H2,1-3H3. The van der Waals surface area contributed by atoms with Crippen LogP contribution in [0.2, 0.25) is 0 Å². The quantitative estimate of drug-likeness (QED) is 0.735. The summed E-state index contributed by atoms with van der Waals surface area (Å²) in [6.45, 7) is 7.78.